The summed E-state index contributed by atoms with van der Waals surface area (Å²) in [5, 5.41) is 31.7. The zero-order chi connectivity index (χ0) is 33.4. The minimum atomic E-state index is -1.62. The summed E-state index contributed by atoms with van der Waals surface area (Å²) in [4.78, 5) is 44.9. The fourth-order valence-corrected chi connectivity index (χ4v) is 7.08. The maximum atomic E-state index is 15.2. The molecule has 1 aromatic rings. The lowest BCUT2D eigenvalue weighted by molar-refractivity contribution is -0.177. The number of rotatable bonds is 10. The molecule has 2 aliphatic rings. The number of benzene rings is 1. The maximum absolute atomic E-state index is 15.2. The molecule has 0 unspecified atom stereocenters. The summed E-state index contributed by atoms with van der Waals surface area (Å²) in [6.45, 7) is 21.9. The first-order chi connectivity index (χ1) is 20.3. The summed E-state index contributed by atoms with van der Waals surface area (Å²) in [5.74, 6) is -3.61. The van der Waals surface area contributed by atoms with Crippen LogP contribution in [-0.2, 0) is 14.4 Å². The van der Waals surface area contributed by atoms with Crippen molar-refractivity contribution in [1.82, 2.24) is 0 Å². The third-order valence-corrected chi connectivity index (χ3v) is 10.0. The first-order valence-electron chi connectivity index (χ1n) is 15.5. The van der Waals surface area contributed by atoms with Crippen LogP contribution < -0.4 is 0 Å². The summed E-state index contributed by atoms with van der Waals surface area (Å²) in [7, 11) is 0. The molecule has 0 saturated heterocycles. The third kappa shape index (κ3) is 6.00. The van der Waals surface area contributed by atoms with E-state index in [2.05, 4.69) is 18.7 Å². The van der Waals surface area contributed by atoms with Gasteiger partial charge in [-0.05, 0) is 116 Å². The van der Waals surface area contributed by atoms with Crippen molar-refractivity contribution < 1.29 is 29.7 Å². The zero-order valence-electron chi connectivity index (χ0n) is 27.9. The Morgan fingerprint density at radius 1 is 0.909 bits per heavy atom. The first kappa shape index (κ1) is 34.8. The Labute approximate surface area is 263 Å². The topological polar surface area (TPSA) is 112 Å². The third-order valence-electron chi connectivity index (χ3n) is 10.0. The number of ketones is 3. The van der Waals surface area contributed by atoms with E-state index in [-0.39, 0.29) is 42.4 Å². The van der Waals surface area contributed by atoms with Crippen LogP contribution in [-0.4, -0.2) is 32.7 Å². The van der Waals surface area contributed by atoms with Crippen molar-refractivity contribution in [2.45, 2.75) is 94.4 Å². The largest absolute Gasteiger partial charge is 0.506 e. The number of allylic oxidation sites excluding steroid dienone is 8. The summed E-state index contributed by atoms with van der Waals surface area (Å²) in [6.07, 6.45) is 7.79. The molecule has 2 saturated carbocycles. The highest BCUT2D eigenvalue weighted by atomic mass is 16.3. The van der Waals surface area contributed by atoms with Crippen molar-refractivity contribution in [1.29, 1.82) is 0 Å². The molecule has 0 aromatic heterocycles. The van der Waals surface area contributed by atoms with Crippen LogP contribution in [0.2, 0.25) is 0 Å². The standard InChI is InChI=1S/C38H50O6/c1-22(2)11-13-27(25(7)8)20-37-21-28(15-12-23(3)4)36(9,10)38(35(37)44,18-17-24(5)6)34(43)31(33(37)42)32(41)26-14-16-29(39)30(40)19-26/h11-12,14,16-17,19,27-28,39-41H,7,13,15,18,20-21H2,1-6,8-10H3/b32-31-/t27-,28-,37+,38-/m1/s1. The van der Waals surface area contributed by atoms with E-state index in [9.17, 15) is 24.9 Å². The first-order valence-corrected chi connectivity index (χ1v) is 15.5. The number of carbonyl (C=O) groups is 3. The van der Waals surface area contributed by atoms with E-state index in [0.717, 1.165) is 28.4 Å². The Bertz CT molecular complexity index is 1490. The Hall–Kier alpha value is -3.67. The molecule has 0 radical (unpaired) electrons. The van der Waals surface area contributed by atoms with Gasteiger partial charge in [-0.15, -0.1) is 0 Å². The lowest BCUT2D eigenvalue weighted by Gasteiger charge is -2.60. The van der Waals surface area contributed by atoms with Crippen molar-refractivity contribution in [3.05, 3.63) is 76.4 Å². The fraction of sp³-hybridized carbons (Fsp3) is 0.500. The van der Waals surface area contributed by atoms with Gasteiger partial charge in [0.15, 0.2) is 28.8 Å². The molecule has 44 heavy (non-hydrogen) atoms. The van der Waals surface area contributed by atoms with Gasteiger partial charge in [-0.3, -0.25) is 14.4 Å². The van der Waals surface area contributed by atoms with E-state index in [1.807, 2.05) is 68.4 Å². The molecule has 6 heteroatoms. The smallest absolute Gasteiger partial charge is 0.184 e. The molecular formula is C38H50O6. The highest BCUT2D eigenvalue weighted by Gasteiger charge is 2.74. The summed E-state index contributed by atoms with van der Waals surface area (Å²) < 4.78 is 0. The molecule has 1 aromatic carbocycles. The van der Waals surface area contributed by atoms with Crippen LogP contribution in [0.5, 0.6) is 11.5 Å². The van der Waals surface area contributed by atoms with Crippen LogP contribution >= 0.6 is 0 Å². The monoisotopic (exact) mass is 602 g/mol. The van der Waals surface area contributed by atoms with Crippen molar-refractivity contribution in [2.75, 3.05) is 0 Å². The minimum absolute atomic E-state index is 0.0110. The molecule has 0 spiro atoms. The highest BCUT2D eigenvalue weighted by molar-refractivity contribution is 6.41. The predicted octanol–water partition coefficient (Wildman–Crippen LogP) is 8.76. The Morgan fingerprint density at radius 2 is 1.50 bits per heavy atom. The van der Waals surface area contributed by atoms with Crippen molar-refractivity contribution in [3.63, 3.8) is 0 Å². The normalized spacial score (nSPS) is 26.0. The van der Waals surface area contributed by atoms with E-state index < -0.39 is 50.6 Å². The number of hydrogen-bond acceptors (Lipinski definition) is 6. The second-order valence-corrected chi connectivity index (χ2v) is 14.3. The Balaban J connectivity index is 2.47. The lowest BCUT2D eigenvalue weighted by Crippen LogP contribution is -2.69. The van der Waals surface area contributed by atoms with Crippen LogP contribution in [0.4, 0.5) is 0 Å². The number of hydrogen-bond donors (Lipinski definition) is 3. The van der Waals surface area contributed by atoms with E-state index in [1.54, 1.807) is 0 Å². The summed E-state index contributed by atoms with van der Waals surface area (Å²) >= 11 is 0. The molecule has 4 atom stereocenters. The van der Waals surface area contributed by atoms with Crippen molar-refractivity contribution >= 4 is 23.1 Å². The van der Waals surface area contributed by atoms with Crippen LogP contribution in [0, 0.1) is 28.1 Å². The molecule has 3 rings (SSSR count). The number of aliphatic hydroxyl groups is 1. The van der Waals surface area contributed by atoms with Crippen LogP contribution in [0.25, 0.3) is 5.76 Å². The van der Waals surface area contributed by atoms with Gasteiger partial charge in [0.2, 0.25) is 0 Å². The van der Waals surface area contributed by atoms with E-state index in [4.69, 9.17) is 0 Å². The molecule has 0 heterocycles. The fourth-order valence-electron chi connectivity index (χ4n) is 7.08. The van der Waals surface area contributed by atoms with E-state index >= 15 is 4.79 Å². The second-order valence-electron chi connectivity index (χ2n) is 14.3. The van der Waals surface area contributed by atoms with Crippen molar-refractivity contribution in [2.24, 2.45) is 28.1 Å². The van der Waals surface area contributed by atoms with Gasteiger partial charge in [-0.2, -0.15) is 0 Å². The SMILES string of the molecule is C=C(C)[C@H](CC=C(C)C)C[C@]12C[C@@H](CC=C(C)C)C(C)(C)[C@](CC=C(C)C)(C(=O)/C(=C(\O)c3ccc(O)c(O)c3)C1=O)C2=O. The molecule has 238 valence electrons. The summed E-state index contributed by atoms with van der Waals surface area (Å²) in [5.41, 5.74) is -0.453. The highest BCUT2D eigenvalue weighted by Crippen LogP contribution is 2.66. The van der Waals surface area contributed by atoms with Gasteiger partial charge in [0.25, 0.3) is 0 Å². The number of fused-ring (bicyclic) bond motifs is 2. The van der Waals surface area contributed by atoms with E-state index in [0.29, 0.717) is 12.8 Å². The van der Waals surface area contributed by atoms with Crippen LogP contribution in [0.1, 0.15) is 100.0 Å². The number of Topliss-reactive ketones (excluding diaryl/α,β-unsaturated/α-hetero) is 3. The van der Waals surface area contributed by atoms with E-state index in [1.165, 1.54) is 12.1 Å². The molecule has 2 fully saturated rings. The minimum Gasteiger partial charge on any atom is -0.506 e. The molecule has 0 aliphatic heterocycles. The second kappa shape index (κ2) is 12.7. The zero-order valence-corrected chi connectivity index (χ0v) is 27.9. The van der Waals surface area contributed by atoms with Gasteiger partial charge < -0.3 is 15.3 Å². The summed E-state index contributed by atoms with van der Waals surface area (Å²) in [6, 6.07) is 3.65. The van der Waals surface area contributed by atoms with Gasteiger partial charge >= 0.3 is 0 Å². The van der Waals surface area contributed by atoms with Crippen LogP contribution in [0.15, 0.2) is 70.9 Å². The van der Waals surface area contributed by atoms with Crippen molar-refractivity contribution in [3.8, 4) is 11.5 Å². The Kier molecular flexibility index (Phi) is 10.1. The average Bonchev–Trinajstić information content (AvgIpc) is 2.91. The van der Waals surface area contributed by atoms with Gasteiger partial charge in [-0.1, -0.05) is 60.9 Å². The number of aromatic hydroxyl groups is 2. The van der Waals surface area contributed by atoms with Gasteiger partial charge in [0.1, 0.15) is 16.7 Å². The number of phenolic OH excluding ortho intramolecular Hbond substituents is 2. The molecule has 6 nitrogen and oxygen atoms in total. The molecule has 0 amide bonds. The predicted molar refractivity (Wildman–Crippen MR) is 176 cm³/mol. The molecule has 2 aliphatic carbocycles. The number of aliphatic hydroxyl groups excluding tert-OH is 1. The quantitative estimate of drug-likeness (QED) is 0.0616. The van der Waals surface area contributed by atoms with Gasteiger partial charge in [0, 0.05) is 5.56 Å². The average molecular weight is 603 g/mol. The molecule has 2 bridgehead atoms. The van der Waals surface area contributed by atoms with Gasteiger partial charge in [0.05, 0.1) is 5.41 Å². The number of carbonyl (C=O) groups excluding carboxylic acids is 3. The van der Waals surface area contributed by atoms with Crippen LogP contribution in [0.3, 0.4) is 0 Å². The molecular weight excluding hydrogens is 552 g/mol. The molecule has 3 N–H and O–H groups in total. The maximum Gasteiger partial charge on any atom is 0.184 e. The number of phenols is 2. The Morgan fingerprint density at radius 3 is 2.02 bits per heavy atom. The van der Waals surface area contributed by atoms with Gasteiger partial charge in [-0.25, -0.2) is 0 Å². The lowest BCUT2D eigenvalue weighted by atomic mass is 9.38.